The topological polar surface area (TPSA) is 116 Å². The van der Waals surface area contributed by atoms with Gasteiger partial charge in [0.15, 0.2) is 0 Å². The van der Waals surface area contributed by atoms with Crippen LogP contribution in [-0.2, 0) is 4.74 Å². The lowest BCUT2D eigenvalue weighted by Crippen LogP contribution is -2.16. The van der Waals surface area contributed by atoms with Gasteiger partial charge in [-0.05, 0) is 56.7 Å². The van der Waals surface area contributed by atoms with Gasteiger partial charge in [0.2, 0.25) is 0 Å². The molecular formula is C25H22N4O5S. The lowest BCUT2D eigenvalue weighted by molar-refractivity contribution is -0.384. The smallest absolute Gasteiger partial charge is 0.338 e. The van der Waals surface area contributed by atoms with Crippen LogP contribution in [0.1, 0.15) is 42.5 Å². The number of thiophene rings is 1. The molecule has 178 valence electrons. The largest absolute Gasteiger partial charge is 0.465 e. The summed E-state index contributed by atoms with van der Waals surface area (Å²) >= 11 is 1.24. The molecule has 2 aromatic heterocycles. The number of aromatic nitrogens is 1. The molecule has 0 fully saturated rings. The first-order valence-electron chi connectivity index (χ1n) is 10.6. The van der Waals surface area contributed by atoms with E-state index in [4.69, 9.17) is 4.74 Å². The van der Waals surface area contributed by atoms with Gasteiger partial charge in [0.1, 0.15) is 0 Å². The molecular weight excluding hydrogens is 468 g/mol. The molecule has 0 atom stereocenters. The van der Waals surface area contributed by atoms with Gasteiger partial charge in [0, 0.05) is 44.9 Å². The maximum atomic E-state index is 12.6. The summed E-state index contributed by atoms with van der Waals surface area (Å²) in [6.45, 7) is 5.75. The summed E-state index contributed by atoms with van der Waals surface area (Å²) in [5.74, 6) is -0.798. The van der Waals surface area contributed by atoms with Crippen molar-refractivity contribution in [3.8, 4) is 5.69 Å². The zero-order valence-electron chi connectivity index (χ0n) is 19.5. The molecule has 1 N–H and O–H groups in total. The minimum absolute atomic E-state index is 0.0250. The molecule has 0 aliphatic carbocycles. The summed E-state index contributed by atoms with van der Waals surface area (Å²) in [5, 5.41) is 15.7. The zero-order chi connectivity index (χ0) is 25.3. The van der Waals surface area contributed by atoms with Crippen molar-refractivity contribution < 1.29 is 19.2 Å². The highest BCUT2D eigenvalue weighted by molar-refractivity contribution is 7.20. The van der Waals surface area contributed by atoms with Crippen LogP contribution in [0.5, 0.6) is 0 Å². The number of carbonyl (C=O) groups excluding carboxylic acids is 2. The lowest BCUT2D eigenvalue weighted by Gasteiger charge is -2.15. The van der Waals surface area contributed by atoms with Crippen molar-refractivity contribution in [3.05, 3.63) is 91.6 Å². The Balaban J connectivity index is 1.56. The van der Waals surface area contributed by atoms with Crippen LogP contribution in [0.2, 0.25) is 0 Å². The Morgan fingerprint density at radius 3 is 2.63 bits per heavy atom. The first-order chi connectivity index (χ1) is 16.7. The van der Waals surface area contributed by atoms with Gasteiger partial charge in [0.05, 0.1) is 28.7 Å². The van der Waals surface area contributed by atoms with Gasteiger partial charge >= 0.3 is 5.97 Å². The third kappa shape index (κ3) is 4.56. The molecule has 9 nitrogen and oxygen atoms in total. The van der Waals surface area contributed by atoms with Gasteiger partial charge in [-0.15, -0.1) is 11.3 Å². The molecule has 2 heterocycles. The van der Waals surface area contributed by atoms with E-state index in [-0.39, 0.29) is 5.69 Å². The normalized spacial score (nSPS) is 11.2. The number of ether oxygens (including phenoxy) is 1. The summed E-state index contributed by atoms with van der Waals surface area (Å²) in [7, 11) is 1.35. The fourth-order valence-corrected chi connectivity index (χ4v) is 4.89. The van der Waals surface area contributed by atoms with Crippen molar-refractivity contribution in [2.24, 2.45) is 5.10 Å². The molecule has 4 aromatic rings. The standard InChI is InChI=1S/C25H22N4O5S/c1-14-10-18(16(3)28(14)21-7-5-6-20(15(21)2)25(31)34-4)13-26-27-24(30)23-12-17-11-19(29(32)33)8-9-22(17)35-23/h5-13H,1-4H3,(H,27,30). The minimum Gasteiger partial charge on any atom is -0.465 e. The number of nitro groups is 1. The number of amides is 1. The second-order valence-corrected chi connectivity index (χ2v) is 8.98. The number of nitrogens with zero attached hydrogens (tertiary/aromatic N) is 3. The van der Waals surface area contributed by atoms with E-state index in [1.165, 1.54) is 30.6 Å². The van der Waals surface area contributed by atoms with Crippen molar-refractivity contribution in [2.45, 2.75) is 20.8 Å². The maximum Gasteiger partial charge on any atom is 0.338 e. The number of rotatable bonds is 6. The van der Waals surface area contributed by atoms with Crippen LogP contribution in [0.25, 0.3) is 15.8 Å². The van der Waals surface area contributed by atoms with Crippen LogP contribution in [0.15, 0.2) is 53.6 Å². The van der Waals surface area contributed by atoms with Crippen molar-refractivity contribution in [2.75, 3.05) is 7.11 Å². The Labute approximate surface area is 204 Å². The quantitative estimate of drug-likeness (QED) is 0.175. The molecule has 0 saturated heterocycles. The third-order valence-electron chi connectivity index (χ3n) is 5.73. The summed E-state index contributed by atoms with van der Waals surface area (Å²) in [6, 6.07) is 13.5. The fourth-order valence-electron chi connectivity index (χ4n) is 3.96. The molecule has 1 amide bonds. The number of carbonyl (C=O) groups is 2. The number of esters is 1. The summed E-state index contributed by atoms with van der Waals surface area (Å²) in [6.07, 6.45) is 1.56. The second kappa shape index (κ2) is 9.51. The SMILES string of the molecule is COC(=O)c1cccc(-n2c(C)cc(C=NNC(=O)c3cc4cc([N+](=O)[O-])ccc4s3)c2C)c1C. The van der Waals surface area contributed by atoms with E-state index < -0.39 is 16.8 Å². The Hall–Kier alpha value is -4.31. The number of benzene rings is 2. The molecule has 0 aliphatic rings. The molecule has 0 bridgehead atoms. The molecule has 0 spiro atoms. The second-order valence-electron chi connectivity index (χ2n) is 7.89. The van der Waals surface area contributed by atoms with Crippen molar-refractivity contribution >= 4 is 45.2 Å². The number of nitrogens with one attached hydrogen (secondary N) is 1. The van der Waals surface area contributed by atoms with Gasteiger partial charge in [-0.3, -0.25) is 14.9 Å². The van der Waals surface area contributed by atoms with E-state index in [2.05, 4.69) is 10.5 Å². The minimum atomic E-state index is -0.467. The number of hydrogen-bond donors (Lipinski definition) is 1. The van der Waals surface area contributed by atoms with Gasteiger partial charge in [-0.1, -0.05) is 6.07 Å². The summed E-state index contributed by atoms with van der Waals surface area (Å²) in [4.78, 5) is 35.6. The van der Waals surface area contributed by atoms with Gasteiger partial charge in [-0.2, -0.15) is 5.10 Å². The average molecular weight is 491 g/mol. The molecule has 0 aliphatic heterocycles. The number of aryl methyl sites for hydroxylation is 1. The Morgan fingerprint density at radius 2 is 1.91 bits per heavy atom. The number of fused-ring (bicyclic) bond motifs is 1. The Morgan fingerprint density at radius 1 is 1.14 bits per heavy atom. The van der Waals surface area contributed by atoms with Crippen LogP contribution in [0.3, 0.4) is 0 Å². The summed E-state index contributed by atoms with van der Waals surface area (Å²) in [5.41, 5.74) is 7.27. The average Bonchev–Trinajstić information content (AvgIpc) is 3.38. The van der Waals surface area contributed by atoms with E-state index in [0.717, 1.165) is 32.9 Å². The van der Waals surface area contributed by atoms with E-state index in [0.29, 0.717) is 15.8 Å². The number of hydrazone groups is 1. The van der Waals surface area contributed by atoms with Gasteiger partial charge in [-0.25, -0.2) is 10.2 Å². The van der Waals surface area contributed by atoms with Crippen LogP contribution in [0, 0.1) is 30.9 Å². The van der Waals surface area contributed by atoms with Crippen molar-refractivity contribution in [1.29, 1.82) is 0 Å². The fraction of sp³-hybridized carbons (Fsp3) is 0.160. The highest BCUT2D eigenvalue weighted by Crippen LogP contribution is 2.29. The number of methoxy groups -OCH3 is 1. The summed E-state index contributed by atoms with van der Waals surface area (Å²) < 4.78 is 7.68. The highest BCUT2D eigenvalue weighted by Gasteiger charge is 2.17. The van der Waals surface area contributed by atoms with Crippen LogP contribution < -0.4 is 5.43 Å². The first kappa shape index (κ1) is 23.8. The molecule has 4 rings (SSSR count). The van der Waals surface area contributed by atoms with Crippen molar-refractivity contribution in [3.63, 3.8) is 0 Å². The molecule has 0 unspecified atom stereocenters. The van der Waals surface area contributed by atoms with E-state index in [1.807, 2.05) is 37.5 Å². The highest BCUT2D eigenvalue weighted by atomic mass is 32.1. The molecule has 0 radical (unpaired) electrons. The van der Waals surface area contributed by atoms with E-state index in [1.54, 1.807) is 30.5 Å². The predicted molar refractivity (Wildman–Crippen MR) is 135 cm³/mol. The Kier molecular flexibility index (Phi) is 6.48. The lowest BCUT2D eigenvalue weighted by atomic mass is 10.1. The molecule has 0 saturated carbocycles. The van der Waals surface area contributed by atoms with Crippen LogP contribution >= 0.6 is 11.3 Å². The maximum absolute atomic E-state index is 12.6. The zero-order valence-corrected chi connectivity index (χ0v) is 20.3. The van der Waals surface area contributed by atoms with E-state index >= 15 is 0 Å². The predicted octanol–water partition coefficient (Wildman–Crippen LogP) is 5.08. The van der Waals surface area contributed by atoms with Gasteiger partial charge in [0.25, 0.3) is 11.6 Å². The molecule has 10 heteroatoms. The van der Waals surface area contributed by atoms with E-state index in [9.17, 15) is 19.7 Å². The molecule has 35 heavy (non-hydrogen) atoms. The first-order valence-corrected chi connectivity index (χ1v) is 11.4. The van der Waals surface area contributed by atoms with Gasteiger partial charge < -0.3 is 9.30 Å². The molecule has 2 aromatic carbocycles. The number of hydrogen-bond acceptors (Lipinski definition) is 7. The van der Waals surface area contributed by atoms with Crippen molar-refractivity contribution in [1.82, 2.24) is 9.99 Å². The Bertz CT molecular complexity index is 1520. The van der Waals surface area contributed by atoms with Crippen LogP contribution in [0.4, 0.5) is 5.69 Å². The number of nitro benzene ring substituents is 1. The monoisotopic (exact) mass is 490 g/mol. The third-order valence-corrected chi connectivity index (χ3v) is 6.84. The van der Waals surface area contributed by atoms with Crippen LogP contribution in [-0.4, -0.2) is 34.7 Å². The number of non-ortho nitro benzene ring substituents is 1.